The van der Waals surface area contributed by atoms with Crippen LogP contribution in [0.4, 0.5) is 0 Å². The van der Waals surface area contributed by atoms with Crippen LogP contribution in [0.2, 0.25) is 0 Å². The summed E-state index contributed by atoms with van der Waals surface area (Å²) >= 11 is 0. The van der Waals surface area contributed by atoms with Crippen LogP contribution >= 0.6 is 0 Å². The molecule has 3 N–H and O–H groups in total. The molecule has 0 aromatic heterocycles. The summed E-state index contributed by atoms with van der Waals surface area (Å²) in [5.74, 6) is 0.424. The fourth-order valence-electron chi connectivity index (χ4n) is 0.760. The second-order valence-electron chi connectivity index (χ2n) is 5.06. The third-order valence-electron chi connectivity index (χ3n) is 3.15. The van der Waals surface area contributed by atoms with Crippen LogP contribution in [0.1, 0.15) is 34.6 Å². The van der Waals surface area contributed by atoms with Gasteiger partial charge >= 0.3 is 0 Å². The maximum atomic E-state index is 11.6. The highest BCUT2D eigenvalue weighted by molar-refractivity contribution is 7.90. The number of hydrogen-bond donors (Lipinski definition) is 2. The first kappa shape index (κ1) is 14.9. The van der Waals surface area contributed by atoms with Crippen LogP contribution in [0.15, 0.2) is 0 Å². The second kappa shape index (κ2) is 5.27. The van der Waals surface area contributed by atoms with E-state index in [1.807, 2.05) is 13.8 Å². The normalized spacial score (nSPS) is 15.7. The molecule has 0 aliphatic heterocycles. The van der Waals surface area contributed by atoms with Crippen molar-refractivity contribution in [2.75, 3.05) is 13.1 Å². The molecule has 0 aromatic carbocycles. The molecule has 0 aliphatic carbocycles. The molecule has 0 spiro atoms. The van der Waals surface area contributed by atoms with Gasteiger partial charge < -0.3 is 5.73 Å². The smallest absolute Gasteiger partial charge is 0.215 e. The average Bonchev–Trinajstić information content (AvgIpc) is 2.13. The van der Waals surface area contributed by atoms with Crippen molar-refractivity contribution in [3.63, 3.8) is 0 Å². The molecule has 0 aliphatic rings. The van der Waals surface area contributed by atoms with Gasteiger partial charge in [-0.15, -0.1) is 0 Å². The molecule has 1 atom stereocenters. The van der Waals surface area contributed by atoms with Gasteiger partial charge in [0.05, 0.1) is 5.25 Å². The molecule has 0 rings (SSSR count). The van der Waals surface area contributed by atoms with Gasteiger partial charge in [-0.05, 0) is 18.3 Å². The van der Waals surface area contributed by atoms with Crippen LogP contribution in [-0.4, -0.2) is 26.8 Å². The Hall–Kier alpha value is -0.130. The Morgan fingerprint density at radius 1 is 1.27 bits per heavy atom. The standard InChI is InChI=1S/C10H24N2O2S/c1-8(2)10(4,5)7-12-15(13,14)9(3)6-11/h8-9,12H,6-7,11H2,1-5H3. The van der Waals surface area contributed by atoms with E-state index in [9.17, 15) is 8.42 Å². The van der Waals surface area contributed by atoms with E-state index in [0.717, 1.165) is 0 Å². The van der Waals surface area contributed by atoms with Crippen molar-refractivity contribution < 1.29 is 8.42 Å². The number of nitrogens with one attached hydrogen (secondary N) is 1. The molecule has 0 aromatic rings. The molecule has 0 bridgehead atoms. The monoisotopic (exact) mass is 236 g/mol. The molecule has 5 heteroatoms. The van der Waals surface area contributed by atoms with Gasteiger partial charge in [-0.25, -0.2) is 13.1 Å². The summed E-state index contributed by atoms with van der Waals surface area (Å²) < 4.78 is 25.9. The highest BCUT2D eigenvalue weighted by Crippen LogP contribution is 2.25. The van der Waals surface area contributed by atoms with E-state index in [1.54, 1.807) is 6.92 Å². The minimum Gasteiger partial charge on any atom is -0.329 e. The minimum atomic E-state index is -3.25. The van der Waals surface area contributed by atoms with Crippen molar-refractivity contribution in [2.24, 2.45) is 17.1 Å². The van der Waals surface area contributed by atoms with Crippen LogP contribution in [0, 0.1) is 11.3 Å². The second-order valence-corrected chi connectivity index (χ2v) is 7.24. The van der Waals surface area contributed by atoms with Crippen molar-refractivity contribution in [2.45, 2.75) is 39.9 Å². The zero-order valence-electron chi connectivity index (χ0n) is 10.4. The summed E-state index contributed by atoms with van der Waals surface area (Å²) in [5, 5.41) is -0.527. The van der Waals surface area contributed by atoms with Crippen molar-refractivity contribution in [1.82, 2.24) is 4.72 Å². The Bertz CT molecular complexity index is 284. The number of sulfonamides is 1. The SMILES string of the molecule is CC(C)C(C)(C)CNS(=O)(=O)C(C)CN. The van der Waals surface area contributed by atoms with E-state index in [4.69, 9.17) is 5.73 Å². The van der Waals surface area contributed by atoms with Crippen molar-refractivity contribution in [1.29, 1.82) is 0 Å². The summed E-state index contributed by atoms with van der Waals surface area (Å²) in [5.41, 5.74) is 5.30. The van der Waals surface area contributed by atoms with Gasteiger partial charge in [0.1, 0.15) is 0 Å². The predicted octanol–water partition coefficient (Wildman–Crippen LogP) is 0.935. The molecule has 1 unspecified atom stereocenters. The van der Waals surface area contributed by atoms with E-state index in [0.29, 0.717) is 12.5 Å². The minimum absolute atomic E-state index is 0.0403. The van der Waals surface area contributed by atoms with Crippen LogP contribution < -0.4 is 10.5 Å². The molecule has 0 radical (unpaired) electrons. The molecule has 92 valence electrons. The van der Waals surface area contributed by atoms with Crippen molar-refractivity contribution in [3.05, 3.63) is 0 Å². The summed E-state index contributed by atoms with van der Waals surface area (Å²) in [6.07, 6.45) is 0. The largest absolute Gasteiger partial charge is 0.329 e. The Kier molecular flexibility index (Phi) is 5.23. The Morgan fingerprint density at radius 3 is 2.07 bits per heavy atom. The molecule has 0 saturated heterocycles. The lowest BCUT2D eigenvalue weighted by molar-refractivity contribution is 0.252. The van der Waals surface area contributed by atoms with Crippen LogP contribution in [0.3, 0.4) is 0 Å². The summed E-state index contributed by atoms with van der Waals surface area (Å²) in [4.78, 5) is 0. The summed E-state index contributed by atoms with van der Waals surface area (Å²) in [6.45, 7) is 10.5. The van der Waals surface area contributed by atoms with Gasteiger partial charge in [-0.2, -0.15) is 0 Å². The maximum absolute atomic E-state index is 11.6. The predicted molar refractivity (Wildman–Crippen MR) is 64.1 cm³/mol. The van der Waals surface area contributed by atoms with E-state index in [2.05, 4.69) is 18.6 Å². The maximum Gasteiger partial charge on any atom is 0.215 e. The quantitative estimate of drug-likeness (QED) is 0.721. The molecule has 0 heterocycles. The van der Waals surface area contributed by atoms with Gasteiger partial charge in [0.25, 0.3) is 0 Å². The third kappa shape index (κ3) is 4.49. The van der Waals surface area contributed by atoms with Gasteiger partial charge in [0, 0.05) is 13.1 Å². The van der Waals surface area contributed by atoms with Crippen molar-refractivity contribution in [3.8, 4) is 0 Å². The number of rotatable bonds is 6. The first-order chi connectivity index (χ1) is 6.63. The molecule has 4 nitrogen and oxygen atoms in total. The zero-order chi connectivity index (χ0) is 12.3. The Labute approximate surface area is 93.7 Å². The van der Waals surface area contributed by atoms with E-state index in [1.165, 1.54) is 0 Å². The molecule has 0 fully saturated rings. The fraction of sp³-hybridized carbons (Fsp3) is 1.00. The highest BCUT2D eigenvalue weighted by Gasteiger charge is 2.26. The summed E-state index contributed by atoms with van der Waals surface area (Å²) in [7, 11) is -3.25. The van der Waals surface area contributed by atoms with Crippen LogP contribution in [-0.2, 0) is 10.0 Å². The van der Waals surface area contributed by atoms with Crippen molar-refractivity contribution >= 4 is 10.0 Å². The first-order valence-corrected chi connectivity index (χ1v) is 6.86. The lowest BCUT2D eigenvalue weighted by Gasteiger charge is -2.29. The van der Waals surface area contributed by atoms with E-state index in [-0.39, 0.29) is 12.0 Å². The van der Waals surface area contributed by atoms with Gasteiger partial charge in [0.15, 0.2) is 0 Å². The molecule has 0 amide bonds. The van der Waals surface area contributed by atoms with Gasteiger partial charge in [-0.1, -0.05) is 27.7 Å². The Morgan fingerprint density at radius 2 is 1.73 bits per heavy atom. The molecule has 15 heavy (non-hydrogen) atoms. The highest BCUT2D eigenvalue weighted by atomic mass is 32.2. The van der Waals surface area contributed by atoms with Gasteiger partial charge in [-0.3, -0.25) is 0 Å². The lowest BCUT2D eigenvalue weighted by Crippen LogP contribution is -2.42. The average molecular weight is 236 g/mol. The van der Waals surface area contributed by atoms with Crippen LogP contribution in [0.25, 0.3) is 0 Å². The lowest BCUT2D eigenvalue weighted by atomic mass is 9.81. The van der Waals surface area contributed by atoms with Crippen LogP contribution in [0.5, 0.6) is 0 Å². The number of hydrogen-bond acceptors (Lipinski definition) is 3. The van der Waals surface area contributed by atoms with Gasteiger partial charge in [0.2, 0.25) is 10.0 Å². The topological polar surface area (TPSA) is 72.2 Å². The molecule has 0 saturated carbocycles. The van der Waals surface area contributed by atoms with E-state index < -0.39 is 15.3 Å². The Balaban J connectivity index is 4.40. The van der Waals surface area contributed by atoms with E-state index >= 15 is 0 Å². The molecular formula is C10H24N2O2S. The number of nitrogens with two attached hydrogens (primary N) is 1. The summed E-state index contributed by atoms with van der Waals surface area (Å²) in [6, 6.07) is 0. The molecular weight excluding hydrogens is 212 g/mol. The zero-order valence-corrected chi connectivity index (χ0v) is 11.2. The first-order valence-electron chi connectivity index (χ1n) is 5.32. The fourth-order valence-corrected chi connectivity index (χ4v) is 1.87. The third-order valence-corrected chi connectivity index (χ3v) is 4.95.